The molecule has 1 N–H and O–H groups in total. The van der Waals surface area contributed by atoms with Gasteiger partial charge in [0.05, 0.1) is 19.1 Å². The number of piperidine rings is 1. The van der Waals surface area contributed by atoms with Crippen molar-refractivity contribution in [1.29, 1.82) is 0 Å². The fourth-order valence-electron chi connectivity index (χ4n) is 4.91. The quantitative estimate of drug-likeness (QED) is 0.731. The van der Waals surface area contributed by atoms with E-state index in [9.17, 15) is 9.18 Å². The van der Waals surface area contributed by atoms with E-state index in [0.29, 0.717) is 24.2 Å². The first-order valence-electron chi connectivity index (χ1n) is 10.1. The second-order valence-corrected chi connectivity index (χ2v) is 8.08. The van der Waals surface area contributed by atoms with E-state index in [4.69, 9.17) is 0 Å². The van der Waals surface area contributed by atoms with E-state index in [-0.39, 0.29) is 30.2 Å². The van der Waals surface area contributed by atoms with Crippen molar-refractivity contribution < 1.29 is 26.5 Å². The zero-order chi connectivity index (χ0) is 18.8. The summed E-state index contributed by atoms with van der Waals surface area (Å²) in [6, 6.07) is 17.9. The highest BCUT2D eigenvalue weighted by atomic mass is 35.5. The summed E-state index contributed by atoms with van der Waals surface area (Å²) in [6.07, 6.45) is 5.53. The number of amides is 1. The van der Waals surface area contributed by atoms with Gasteiger partial charge in [0.25, 0.3) is 5.91 Å². The van der Waals surface area contributed by atoms with Crippen LogP contribution in [0.25, 0.3) is 0 Å². The summed E-state index contributed by atoms with van der Waals surface area (Å²) >= 11 is 0. The smallest absolute Gasteiger partial charge is 0.254 e. The minimum absolute atomic E-state index is 0. The van der Waals surface area contributed by atoms with E-state index < -0.39 is 0 Å². The van der Waals surface area contributed by atoms with Crippen LogP contribution in [-0.2, 0) is 6.42 Å². The normalized spacial score (nSPS) is 25.8. The lowest BCUT2D eigenvalue weighted by molar-refractivity contribution is -0.922. The highest BCUT2D eigenvalue weighted by molar-refractivity contribution is 5.94. The molecule has 2 aliphatic rings. The molecule has 2 saturated heterocycles. The Bertz CT molecular complexity index is 769. The molecule has 2 heterocycles. The van der Waals surface area contributed by atoms with Gasteiger partial charge in [0.15, 0.2) is 0 Å². The van der Waals surface area contributed by atoms with Crippen molar-refractivity contribution in [3.63, 3.8) is 0 Å². The molecule has 4 rings (SSSR count). The fraction of sp³-hybridized carbons (Fsp3) is 0.435. The van der Waals surface area contributed by atoms with Crippen LogP contribution in [-0.4, -0.2) is 42.5 Å². The minimum atomic E-state index is -0.302. The summed E-state index contributed by atoms with van der Waals surface area (Å²) in [6.45, 7) is 0.712. The van der Waals surface area contributed by atoms with E-state index in [1.807, 2.05) is 18.2 Å². The van der Waals surface area contributed by atoms with E-state index in [0.717, 1.165) is 19.3 Å². The molecule has 2 bridgehead atoms. The fourth-order valence-corrected chi connectivity index (χ4v) is 4.91. The molecule has 2 aliphatic heterocycles. The number of benzene rings is 2. The average Bonchev–Trinajstić information content (AvgIpc) is 2.90. The molecule has 2 aromatic carbocycles. The SMILES string of the molecule is C[NH+]1C2CCC1CC(N(CCc1ccccc1)C(=O)c1ccc(F)cc1)C2.[Cl-]. The van der Waals surface area contributed by atoms with Gasteiger partial charge >= 0.3 is 0 Å². The van der Waals surface area contributed by atoms with Gasteiger partial charge < -0.3 is 22.2 Å². The van der Waals surface area contributed by atoms with Crippen molar-refractivity contribution in [2.75, 3.05) is 13.6 Å². The molecule has 2 fully saturated rings. The molecule has 0 saturated carbocycles. The van der Waals surface area contributed by atoms with Crippen LogP contribution in [0.2, 0.25) is 0 Å². The largest absolute Gasteiger partial charge is 1.00 e. The number of carbonyl (C=O) groups excluding carboxylic acids is 1. The summed E-state index contributed by atoms with van der Waals surface area (Å²) in [4.78, 5) is 17.0. The maximum atomic E-state index is 13.3. The van der Waals surface area contributed by atoms with Gasteiger partial charge in [-0.2, -0.15) is 0 Å². The average molecular weight is 403 g/mol. The van der Waals surface area contributed by atoms with Crippen molar-refractivity contribution in [2.24, 2.45) is 0 Å². The summed E-state index contributed by atoms with van der Waals surface area (Å²) < 4.78 is 13.3. The van der Waals surface area contributed by atoms with Crippen molar-refractivity contribution in [3.8, 4) is 0 Å². The Morgan fingerprint density at radius 2 is 1.64 bits per heavy atom. The van der Waals surface area contributed by atoms with Gasteiger partial charge in [-0.05, 0) is 36.2 Å². The number of quaternary nitrogens is 1. The first-order chi connectivity index (χ1) is 13.1. The van der Waals surface area contributed by atoms with Crippen LogP contribution in [0.15, 0.2) is 54.6 Å². The number of fused-ring (bicyclic) bond motifs is 2. The van der Waals surface area contributed by atoms with Crippen molar-refractivity contribution >= 4 is 5.91 Å². The van der Waals surface area contributed by atoms with E-state index >= 15 is 0 Å². The first kappa shape index (κ1) is 20.8. The molecule has 1 amide bonds. The van der Waals surface area contributed by atoms with Crippen molar-refractivity contribution in [1.82, 2.24) is 4.90 Å². The van der Waals surface area contributed by atoms with Crippen molar-refractivity contribution in [2.45, 2.75) is 50.2 Å². The number of carbonyl (C=O) groups is 1. The third kappa shape index (κ3) is 4.39. The molecule has 0 radical (unpaired) electrons. The van der Waals surface area contributed by atoms with Crippen molar-refractivity contribution in [3.05, 3.63) is 71.5 Å². The molecular formula is C23H28ClFN2O. The second-order valence-electron chi connectivity index (χ2n) is 8.08. The zero-order valence-electron chi connectivity index (χ0n) is 16.3. The maximum absolute atomic E-state index is 13.3. The lowest BCUT2D eigenvalue weighted by Gasteiger charge is -2.40. The van der Waals surface area contributed by atoms with E-state index in [1.165, 1.54) is 30.5 Å². The van der Waals surface area contributed by atoms with Gasteiger partial charge in [0.2, 0.25) is 0 Å². The Kier molecular flexibility index (Phi) is 6.73. The summed E-state index contributed by atoms with van der Waals surface area (Å²) in [5, 5.41) is 0. The Hall–Kier alpha value is -1.91. The van der Waals surface area contributed by atoms with E-state index in [2.05, 4.69) is 24.1 Å². The van der Waals surface area contributed by atoms with E-state index in [1.54, 1.807) is 17.0 Å². The molecule has 2 aromatic rings. The summed E-state index contributed by atoms with van der Waals surface area (Å²) in [5.41, 5.74) is 1.83. The molecule has 0 spiro atoms. The van der Waals surface area contributed by atoms with Crippen LogP contribution in [0.5, 0.6) is 0 Å². The Morgan fingerprint density at radius 1 is 1.04 bits per heavy atom. The van der Waals surface area contributed by atoms with Gasteiger partial charge in [-0.25, -0.2) is 4.39 Å². The number of halogens is 2. The topological polar surface area (TPSA) is 24.8 Å². The second kappa shape index (κ2) is 9.06. The highest BCUT2D eigenvalue weighted by Gasteiger charge is 2.44. The number of nitrogens with zero attached hydrogens (tertiary/aromatic N) is 1. The summed E-state index contributed by atoms with van der Waals surface area (Å²) in [7, 11) is 2.30. The first-order valence-corrected chi connectivity index (χ1v) is 10.1. The number of nitrogens with one attached hydrogen (secondary N) is 1. The van der Waals surface area contributed by atoms with Gasteiger partial charge in [-0.15, -0.1) is 0 Å². The molecule has 2 unspecified atom stereocenters. The molecule has 0 aromatic heterocycles. The van der Waals surface area contributed by atoms with Crippen LogP contribution in [0.1, 0.15) is 41.6 Å². The molecule has 2 atom stereocenters. The minimum Gasteiger partial charge on any atom is -1.00 e. The summed E-state index contributed by atoms with van der Waals surface area (Å²) in [5.74, 6) is -0.266. The zero-order valence-corrected chi connectivity index (χ0v) is 17.0. The molecule has 150 valence electrons. The molecule has 5 heteroatoms. The predicted molar refractivity (Wildman–Crippen MR) is 104 cm³/mol. The number of hydrogen-bond acceptors (Lipinski definition) is 1. The third-order valence-corrected chi connectivity index (χ3v) is 6.54. The van der Waals surface area contributed by atoms with Crippen LogP contribution in [0.3, 0.4) is 0 Å². The standard InChI is InChI=1S/C23H27FN2O.ClH/c1-25-20-11-12-21(25)16-22(15-20)26(14-13-17-5-3-2-4-6-17)23(27)18-7-9-19(24)10-8-18;/h2-10,20-22H,11-16H2,1H3;1H. The maximum Gasteiger partial charge on any atom is 0.254 e. The van der Waals surface area contributed by atoms with Crippen LogP contribution >= 0.6 is 0 Å². The lowest BCUT2D eigenvalue weighted by atomic mass is 9.95. The van der Waals surface area contributed by atoms with Crippen LogP contribution in [0, 0.1) is 5.82 Å². The Morgan fingerprint density at radius 3 is 2.25 bits per heavy atom. The monoisotopic (exact) mass is 402 g/mol. The number of rotatable bonds is 5. The molecule has 3 nitrogen and oxygen atoms in total. The van der Waals surface area contributed by atoms with Gasteiger partial charge in [-0.3, -0.25) is 4.79 Å². The lowest BCUT2D eigenvalue weighted by Crippen LogP contribution is -3.15. The van der Waals surface area contributed by atoms with Gasteiger partial charge in [0, 0.05) is 43.8 Å². The Labute approximate surface area is 172 Å². The van der Waals surface area contributed by atoms with Gasteiger partial charge in [0.1, 0.15) is 5.82 Å². The Balaban J connectivity index is 0.00000225. The molecule has 28 heavy (non-hydrogen) atoms. The molecular weight excluding hydrogens is 375 g/mol. The molecule has 0 aliphatic carbocycles. The van der Waals surface area contributed by atoms with Crippen LogP contribution < -0.4 is 17.3 Å². The third-order valence-electron chi connectivity index (χ3n) is 6.54. The highest BCUT2D eigenvalue weighted by Crippen LogP contribution is 2.27. The van der Waals surface area contributed by atoms with Gasteiger partial charge in [-0.1, -0.05) is 30.3 Å². The predicted octanol–water partition coefficient (Wildman–Crippen LogP) is -0.277. The number of hydrogen-bond donors (Lipinski definition) is 1. The van der Waals surface area contributed by atoms with Crippen LogP contribution in [0.4, 0.5) is 4.39 Å².